The van der Waals surface area contributed by atoms with Crippen LogP contribution in [0, 0.1) is 6.92 Å². The Labute approximate surface area is 142 Å². The third-order valence-electron chi connectivity index (χ3n) is 5.35. The highest BCUT2D eigenvalue weighted by Gasteiger charge is 2.36. The molecule has 0 aliphatic carbocycles. The van der Waals surface area contributed by atoms with Gasteiger partial charge in [-0.2, -0.15) is 5.10 Å². The normalized spacial score (nSPS) is 24.9. The molecule has 0 radical (unpaired) electrons. The van der Waals surface area contributed by atoms with Crippen LogP contribution >= 0.6 is 0 Å². The number of carbonyl (C=O) groups excluding carboxylic acids is 2. The molecule has 3 rings (SSSR count). The number of hydrogen-bond donors (Lipinski definition) is 2. The summed E-state index contributed by atoms with van der Waals surface area (Å²) >= 11 is 0. The van der Waals surface area contributed by atoms with Crippen LogP contribution < -0.4 is 10.6 Å². The molecule has 7 heteroatoms. The number of rotatable bonds is 4. The zero-order chi connectivity index (χ0) is 17.2. The van der Waals surface area contributed by atoms with Gasteiger partial charge in [-0.3, -0.25) is 9.48 Å². The predicted octanol–water partition coefficient (Wildman–Crippen LogP) is 1.60. The molecule has 24 heavy (non-hydrogen) atoms. The Balaban J connectivity index is 1.48. The van der Waals surface area contributed by atoms with E-state index in [1.54, 1.807) is 0 Å². The van der Waals surface area contributed by atoms with Crippen LogP contribution in [0.1, 0.15) is 50.6 Å². The van der Waals surface area contributed by atoms with Gasteiger partial charge >= 0.3 is 6.03 Å². The van der Waals surface area contributed by atoms with Gasteiger partial charge in [-0.15, -0.1) is 0 Å². The quantitative estimate of drug-likeness (QED) is 0.878. The van der Waals surface area contributed by atoms with Crippen molar-refractivity contribution in [1.82, 2.24) is 25.3 Å². The van der Waals surface area contributed by atoms with Gasteiger partial charge in [-0.25, -0.2) is 4.79 Å². The highest BCUT2D eigenvalue weighted by molar-refractivity contribution is 5.80. The Bertz CT molecular complexity index is 606. The molecule has 0 bridgehead atoms. The topological polar surface area (TPSA) is 79.3 Å². The molecule has 2 saturated heterocycles. The molecule has 1 unspecified atom stereocenters. The first-order chi connectivity index (χ1) is 11.5. The fraction of sp³-hybridized carbons (Fsp3) is 0.706. The molecule has 0 spiro atoms. The van der Waals surface area contributed by atoms with Crippen molar-refractivity contribution in [2.24, 2.45) is 0 Å². The molecule has 0 aromatic carbocycles. The summed E-state index contributed by atoms with van der Waals surface area (Å²) in [5, 5.41) is 10.4. The van der Waals surface area contributed by atoms with Gasteiger partial charge in [0.05, 0.1) is 17.8 Å². The summed E-state index contributed by atoms with van der Waals surface area (Å²) in [6.45, 7) is 6.07. The lowest BCUT2D eigenvalue weighted by molar-refractivity contribution is -0.119. The van der Waals surface area contributed by atoms with Crippen LogP contribution in [-0.2, 0) is 4.79 Å². The summed E-state index contributed by atoms with van der Waals surface area (Å²) in [6.07, 6.45) is 7.96. The fourth-order valence-corrected chi connectivity index (χ4v) is 3.62. The van der Waals surface area contributed by atoms with E-state index in [-0.39, 0.29) is 17.5 Å². The van der Waals surface area contributed by atoms with E-state index in [1.807, 2.05) is 22.7 Å². The fourth-order valence-electron chi connectivity index (χ4n) is 3.62. The molecular formula is C17H27N5O2. The van der Waals surface area contributed by atoms with Crippen LogP contribution in [0.25, 0.3) is 0 Å². The average Bonchev–Trinajstić information content (AvgIpc) is 3.19. The van der Waals surface area contributed by atoms with E-state index in [4.69, 9.17) is 0 Å². The first-order valence-corrected chi connectivity index (χ1v) is 8.86. The molecule has 2 fully saturated rings. The number of piperidine rings is 1. The Morgan fingerprint density at radius 1 is 1.46 bits per heavy atom. The minimum absolute atomic E-state index is 0.0286. The Morgan fingerprint density at radius 2 is 2.21 bits per heavy atom. The number of urea groups is 1. The van der Waals surface area contributed by atoms with Gasteiger partial charge in [0.15, 0.2) is 0 Å². The van der Waals surface area contributed by atoms with Crippen molar-refractivity contribution < 1.29 is 9.59 Å². The lowest BCUT2D eigenvalue weighted by atomic mass is 9.94. The average molecular weight is 333 g/mol. The zero-order valence-corrected chi connectivity index (χ0v) is 14.5. The van der Waals surface area contributed by atoms with Gasteiger partial charge in [0, 0.05) is 32.3 Å². The summed E-state index contributed by atoms with van der Waals surface area (Å²) < 4.78 is 2.02. The van der Waals surface area contributed by atoms with E-state index in [1.165, 1.54) is 5.56 Å². The maximum Gasteiger partial charge on any atom is 0.317 e. The summed E-state index contributed by atoms with van der Waals surface area (Å²) in [5.74, 6) is 0.0847. The standard InChI is InChI=1S/C17H27N5O2/c1-3-17(7-4-15(23)20-17)12-18-16(24)21-8-5-14(6-9-21)22-11-13(2)10-19-22/h10-11,14H,3-9,12H2,1-2H3,(H,18,24)(H,20,23). The maximum atomic E-state index is 12.4. The van der Waals surface area contributed by atoms with Gasteiger partial charge in [0.25, 0.3) is 0 Å². The molecule has 0 saturated carbocycles. The Hall–Kier alpha value is -2.05. The van der Waals surface area contributed by atoms with Gasteiger partial charge in [0.1, 0.15) is 0 Å². The van der Waals surface area contributed by atoms with Gasteiger partial charge < -0.3 is 15.5 Å². The number of carbonyl (C=O) groups is 2. The second kappa shape index (κ2) is 6.83. The Kier molecular flexibility index (Phi) is 4.78. The second-order valence-corrected chi connectivity index (χ2v) is 7.06. The zero-order valence-electron chi connectivity index (χ0n) is 14.5. The lowest BCUT2D eigenvalue weighted by Crippen LogP contribution is -2.53. The van der Waals surface area contributed by atoms with E-state index in [2.05, 4.69) is 28.9 Å². The van der Waals surface area contributed by atoms with Crippen molar-refractivity contribution >= 4 is 11.9 Å². The third-order valence-corrected chi connectivity index (χ3v) is 5.35. The molecule has 1 atom stereocenters. The molecule has 2 N–H and O–H groups in total. The molecule has 132 valence electrons. The number of nitrogens with zero attached hydrogens (tertiary/aromatic N) is 3. The highest BCUT2D eigenvalue weighted by atomic mass is 16.2. The number of amides is 3. The monoisotopic (exact) mass is 333 g/mol. The highest BCUT2D eigenvalue weighted by Crippen LogP contribution is 2.24. The molecule has 2 aliphatic heterocycles. The van der Waals surface area contributed by atoms with Crippen molar-refractivity contribution in [3.05, 3.63) is 18.0 Å². The minimum Gasteiger partial charge on any atom is -0.349 e. The summed E-state index contributed by atoms with van der Waals surface area (Å²) in [7, 11) is 0. The van der Waals surface area contributed by atoms with E-state index in [0.717, 1.165) is 38.8 Å². The lowest BCUT2D eigenvalue weighted by Gasteiger charge is -2.34. The van der Waals surface area contributed by atoms with Crippen molar-refractivity contribution in [2.75, 3.05) is 19.6 Å². The number of aromatic nitrogens is 2. The van der Waals surface area contributed by atoms with Crippen molar-refractivity contribution in [1.29, 1.82) is 0 Å². The second-order valence-electron chi connectivity index (χ2n) is 7.06. The van der Waals surface area contributed by atoms with E-state index in [0.29, 0.717) is 19.0 Å². The van der Waals surface area contributed by atoms with Crippen molar-refractivity contribution in [3.8, 4) is 0 Å². The predicted molar refractivity (Wildman–Crippen MR) is 90.6 cm³/mol. The minimum atomic E-state index is -0.266. The van der Waals surface area contributed by atoms with Crippen LogP contribution in [0.4, 0.5) is 4.79 Å². The number of hydrogen-bond acceptors (Lipinski definition) is 3. The van der Waals surface area contributed by atoms with Crippen LogP contribution in [0.2, 0.25) is 0 Å². The smallest absolute Gasteiger partial charge is 0.317 e. The first-order valence-electron chi connectivity index (χ1n) is 8.86. The van der Waals surface area contributed by atoms with Crippen LogP contribution in [0.5, 0.6) is 0 Å². The molecule has 1 aromatic rings. The maximum absolute atomic E-state index is 12.4. The van der Waals surface area contributed by atoms with Gasteiger partial charge in [-0.05, 0) is 38.2 Å². The van der Waals surface area contributed by atoms with E-state index >= 15 is 0 Å². The van der Waals surface area contributed by atoms with Gasteiger partial charge in [-0.1, -0.05) is 6.92 Å². The van der Waals surface area contributed by atoms with Crippen LogP contribution in [0.15, 0.2) is 12.4 Å². The van der Waals surface area contributed by atoms with Crippen LogP contribution in [-0.4, -0.2) is 51.8 Å². The molecule has 1 aromatic heterocycles. The van der Waals surface area contributed by atoms with Gasteiger partial charge in [0.2, 0.25) is 5.91 Å². The first kappa shape index (κ1) is 16.8. The molecular weight excluding hydrogens is 306 g/mol. The third kappa shape index (κ3) is 3.55. The number of likely N-dealkylation sites (tertiary alicyclic amines) is 1. The summed E-state index contributed by atoms with van der Waals surface area (Å²) in [4.78, 5) is 25.8. The van der Waals surface area contributed by atoms with E-state index in [9.17, 15) is 9.59 Å². The number of nitrogens with one attached hydrogen (secondary N) is 2. The summed E-state index contributed by atoms with van der Waals surface area (Å²) in [5.41, 5.74) is 0.899. The number of aryl methyl sites for hydroxylation is 1. The molecule has 3 heterocycles. The largest absolute Gasteiger partial charge is 0.349 e. The van der Waals surface area contributed by atoms with Crippen molar-refractivity contribution in [3.63, 3.8) is 0 Å². The molecule has 2 aliphatic rings. The van der Waals surface area contributed by atoms with Crippen LogP contribution in [0.3, 0.4) is 0 Å². The SMILES string of the molecule is CCC1(CNC(=O)N2CCC(n3cc(C)cn3)CC2)CCC(=O)N1. The Morgan fingerprint density at radius 3 is 2.75 bits per heavy atom. The summed E-state index contributed by atoms with van der Waals surface area (Å²) in [6, 6.07) is 0.345. The van der Waals surface area contributed by atoms with E-state index < -0.39 is 0 Å². The molecule has 7 nitrogen and oxygen atoms in total. The molecule has 3 amide bonds. The van der Waals surface area contributed by atoms with Crippen molar-refractivity contribution in [2.45, 2.75) is 57.5 Å².